The molecule has 0 aromatic rings. The van der Waals surface area contributed by atoms with Crippen molar-refractivity contribution in [2.75, 3.05) is 0 Å². The van der Waals surface area contributed by atoms with E-state index in [-0.39, 0.29) is 0 Å². The van der Waals surface area contributed by atoms with Crippen LogP contribution in [0.2, 0.25) is 0 Å². The largest absolute Gasteiger partial charge is 0.234 e. The Morgan fingerprint density at radius 1 is 1.30 bits per heavy atom. The molecule has 1 rings (SSSR count). The SMILES string of the molecule is CC1CCC(C=C=O)CC1. The lowest BCUT2D eigenvalue weighted by Gasteiger charge is -2.22. The Morgan fingerprint density at radius 3 is 2.40 bits per heavy atom. The monoisotopic (exact) mass is 138 g/mol. The summed E-state index contributed by atoms with van der Waals surface area (Å²) in [5, 5.41) is 0. The fourth-order valence-electron chi connectivity index (χ4n) is 1.55. The summed E-state index contributed by atoms with van der Waals surface area (Å²) in [5.41, 5.74) is 0. The Hall–Kier alpha value is -0.550. The minimum Gasteiger partial charge on any atom is -0.234 e. The van der Waals surface area contributed by atoms with Crippen molar-refractivity contribution in [2.45, 2.75) is 32.6 Å². The molecule has 0 N–H and O–H groups in total. The second-order valence-electron chi connectivity index (χ2n) is 3.30. The van der Waals surface area contributed by atoms with Crippen LogP contribution in [0.4, 0.5) is 0 Å². The molecule has 0 aliphatic heterocycles. The molecule has 0 unspecified atom stereocenters. The first kappa shape index (κ1) is 7.56. The molecule has 0 heterocycles. The molecule has 0 saturated heterocycles. The summed E-state index contributed by atoms with van der Waals surface area (Å²) < 4.78 is 0. The summed E-state index contributed by atoms with van der Waals surface area (Å²) in [5.74, 6) is 3.28. The maximum Gasteiger partial charge on any atom is 0.120 e. The van der Waals surface area contributed by atoms with E-state index in [0.717, 1.165) is 5.92 Å². The molecule has 0 radical (unpaired) electrons. The van der Waals surface area contributed by atoms with E-state index in [9.17, 15) is 4.79 Å². The highest BCUT2D eigenvalue weighted by Crippen LogP contribution is 2.28. The molecule has 0 spiro atoms. The molecule has 0 amide bonds. The molecule has 1 fully saturated rings. The zero-order valence-electron chi connectivity index (χ0n) is 6.47. The third-order valence-corrected chi connectivity index (χ3v) is 2.36. The first-order valence-corrected chi connectivity index (χ1v) is 4.04. The summed E-state index contributed by atoms with van der Waals surface area (Å²) in [6.45, 7) is 2.28. The van der Waals surface area contributed by atoms with Gasteiger partial charge >= 0.3 is 0 Å². The molecule has 0 aromatic heterocycles. The van der Waals surface area contributed by atoms with E-state index < -0.39 is 0 Å². The second kappa shape index (κ2) is 3.58. The lowest BCUT2D eigenvalue weighted by Crippen LogP contribution is -2.09. The van der Waals surface area contributed by atoms with Gasteiger partial charge in [0.05, 0.1) is 0 Å². The maximum atomic E-state index is 9.97. The topological polar surface area (TPSA) is 17.1 Å². The number of carbonyl (C=O) groups excluding carboxylic acids is 1. The highest BCUT2D eigenvalue weighted by Gasteiger charge is 2.15. The van der Waals surface area contributed by atoms with Crippen LogP contribution in [-0.4, -0.2) is 5.94 Å². The van der Waals surface area contributed by atoms with Crippen molar-refractivity contribution in [3.05, 3.63) is 6.08 Å². The van der Waals surface area contributed by atoms with Gasteiger partial charge in [-0.1, -0.05) is 19.8 Å². The van der Waals surface area contributed by atoms with E-state index >= 15 is 0 Å². The second-order valence-corrected chi connectivity index (χ2v) is 3.30. The fourth-order valence-corrected chi connectivity index (χ4v) is 1.55. The van der Waals surface area contributed by atoms with Crippen molar-refractivity contribution in [3.8, 4) is 0 Å². The molecular weight excluding hydrogens is 124 g/mol. The predicted octanol–water partition coefficient (Wildman–Crippen LogP) is 2.20. The average molecular weight is 138 g/mol. The number of rotatable bonds is 1. The number of allylic oxidation sites excluding steroid dienone is 1. The normalized spacial score (nSPS) is 32.9. The first-order valence-electron chi connectivity index (χ1n) is 4.04. The zero-order chi connectivity index (χ0) is 7.40. The van der Waals surface area contributed by atoms with E-state index in [4.69, 9.17) is 0 Å². The summed E-state index contributed by atoms with van der Waals surface area (Å²) >= 11 is 0. The highest BCUT2D eigenvalue weighted by molar-refractivity contribution is 5.45. The molecule has 0 atom stereocenters. The van der Waals surface area contributed by atoms with Crippen molar-refractivity contribution in [2.24, 2.45) is 11.8 Å². The van der Waals surface area contributed by atoms with Crippen molar-refractivity contribution in [1.29, 1.82) is 0 Å². The van der Waals surface area contributed by atoms with Gasteiger partial charge in [0.25, 0.3) is 0 Å². The van der Waals surface area contributed by atoms with Gasteiger partial charge in [0, 0.05) is 6.08 Å². The van der Waals surface area contributed by atoms with Gasteiger partial charge in [-0.05, 0) is 24.7 Å². The Labute approximate surface area is 62.1 Å². The minimum atomic E-state index is 0.536. The van der Waals surface area contributed by atoms with E-state index in [1.165, 1.54) is 25.7 Å². The Kier molecular flexibility index (Phi) is 2.70. The standard InChI is InChI=1S/C9H14O/c1-8-2-4-9(5-3-8)6-7-10/h6,8-9H,2-5H2,1H3. The van der Waals surface area contributed by atoms with Crippen LogP contribution in [0.5, 0.6) is 0 Å². The first-order chi connectivity index (χ1) is 4.83. The van der Waals surface area contributed by atoms with Gasteiger partial charge in [-0.25, -0.2) is 4.79 Å². The van der Waals surface area contributed by atoms with E-state index in [0.29, 0.717) is 5.92 Å². The van der Waals surface area contributed by atoms with Gasteiger partial charge in [0.2, 0.25) is 0 Å². The van der Waals surface area contributed by atoms with Gasteiger partial charge < -0.3 is 0 Å². The van der Waals surface area contributed by atoms with Gasteiger partial charge in [0.1, 0.15) is 5.94 Å². The molecule has 1 nitrogen and oxygen atoms in total. The predicted molar refractivity (Wildman–Crippen MR) is 41.4 cm³/mol. The summed E-state index contributed by atoms with van der Waals surface area (Å²) in [7, 11) is 0. The minimum absolute atomic E-state index is 0.536. The molecular formula is C9H14O. The Balaban J connectivity index is 2.32. The van der Waals surface area contributed by atoms with Crippen LogP contribution in [0.25, 0.3) is 0 Å². The van der Waals surface area contributed by atoms with E-state index in [1.54, 1.807) is 6.08 Å². The lowest BCUT2D eigenvalue weighted by atomic mass is 9.83. The van der Waals surface area contributed by atoms with E-state index in [1.807, 2.05) is 5.94 Å². The number of hydrogen-bond donors (Lipinski definition) is 0. The average Bonchev–Trinajstić information content (AvgIpc) is 1.95. The van der Waals surface area contributed by atoms with Gasteiger partial charge in [-0.3, -0.25) is 0 Å². The van der Waals surface area contributed by atoms with E-state index in [2.05, 4.69) is 6.92 Å². The Morgan fingerprint density at radius 2 is 1.90 bits per heavy atom. The van der Waals surface area contributed by atoms with Gasteiger partial charge in [-0.15, -0.1) is 0 Å². The summed E-state index contributed by atoms with van der Waals surface area (Å²) in [4.78, 5) is 9.97. The van der Waals surface area contributed by atoms with Gasteiger partial charge in [-0.2, -0.15) is 0 Å². The van der Waals surface area contributed by atoms with Crippen LogP contribution in [-0.2, 0) is 4.79 Å². The molecule has 0 bridgehead atoms. The molecule has 56 valence electrons. The molecule has 1 aliphatic rings. The van der Waals surface area contributed by atoms with Crippen LogP contribution in [0.15, 0.2) is 6.08 Å². The quantitative estimate of drug-likeness (QED) is 0.508. The third kappa shape index (κ3) is 2.00. The van der Waals surface area contributed by atoms with Crippen LogP contribution in [0, 0.1) is 11.8 Å². The van der Waals surface area contributed by atoms with Crippen molar-refractivity contribution >= 4 is 5.94 Å². The Bertz CT molecular complexity index is 137. The van der Waals surface area contributed by atoms with Crippen LogP contribution >= 0.6 is 0 Å². The van der Waals surface area contributed by atoms with Gasteiger partial charge in [0.15, 0.2) is 0 Å². The van der Waals surface area contributed by atoms with Crippen molar-refractivity contribution in [1.82, 2.24) is 0 Å². The van der Waals surface area contributed by atoms with Crippen LogP contribution in [0.1, 0.15) is 32.6 Å². The molecule has 0 aromatic carbocycles. The smallest absolute Gasteiger partial charge is 0.120 e. The molecule has 1 heteroatoms. The third-order valence-electron chi connectivity index (χ3n) is 2.36. The maximum absolute atomic E-state index is 9.97. The van der Waals surface area contributed by atoms with Crippen molar-refractivity contribution < 1.29 is 4.79 Å². The molecule has 1 aliphatic carbocycles. The zero-order valence-corrected chi connectivity index (χ0v) is 6.47. The van der Waals surface area contributed by atoms with Crippen molar-refractivity contribution in [3.63, 3.8) is 0 Å². The highest BCUT2D eigenvalue weighted by atomic mass is 16.1. The summed E-state index contributed by atoms with van der Waals surface area (Å²) in [6, 6.07) is 0. The number of hydrogen-bond acceptors (Lipinski definition) is 1. The fraction of sp³-hybridized carbons (Fsp3) is 0.778. The lowest BCUT2D eigenvalue weighted by molar-refractivity contribution is 0.331. The van der Waals surface area contributed by atoms with Crippen LogP contribution < -0.4 is 0 Å². The summed E-state index contributed by atoms with van der Waals surface area (Å²) in [6.07, 6.45) is 6.63. The van der Waals surface area contributed by atoms with Crippen LogP contribution in [0.3, 0.4) is 0 Å². The molecule has 1 saturated carbocycles. The molecule has 10 heavy (non-hydrogen) atoms.